The van der Waals surface area contributed by atoms with Gasteiger partial charge in [0.2, 0.25) is 5.91 Å². The Kier molecular flexibility index (Phi) is 15.3. The maximum Gasteiger partial charge on any atom is 0.319 e. The number of carbonyl (C=O) groups excluding carboxylic acids is 2. The number of aromatic hydroxyl groups is 1. The number of rotatable bonds is 15. The first kappa shape index (κ1) is 56.2. The number of carbonyl (C=O) groups is 2. The van der Waals surface area contributed by atoms with Crippen molar-refractivity contribution in [1.82, 2.24) is 35.8 Å². The van der Waals surface area contributed by atoms with Gasteiger partial charge in [-0.2, -0.15) is 9.97 Å². The van der Waals surface area contributed by atoms with E-state index in [0.717, 1.165) is 43.5 Å². The number of nitrogens with one attached hydrogen (secondary N) is 5. The number of phenolic OH excluding ortho intramolecular Hbond substituents is 1. The van der Waals surface area contributed by atoms with Gasteiger partial charge in [0.15, 0.2) is 5.82 Å². The highest BCUT2D eigenvalue weighted by Gasteiger charge is 2.61. The lowest BCUT2D eigenvalue weighted by molar-refractivity contribution is -0.118. The summed E-state index contributed by atoms with van der Waals surface area (Å²) in [7, 11) is 1.48. The van der Waals surface area contributed by atoms with Crippen LogP contribution in [0.4, 0.5) is 26.0 Å². The standard InChI is InChI=1S/C64H66Cl2F2N10O5/c1-6-35-11-7-12-36-25-42(79)28-44(52(35)36)56-55(68)57-45(30-70-56)59(78-31-39-18-19-40(32-78)72-39)76-62(75-57)83-33-41-13-9-23-77(41)24-10-22-69-60(80)37-16-21-48(50(26-37)82-5)73-61(81)58-53(43-14-8-15-47(66)54(43)67)64(51(74-58)29-63(2,3)4)34-71-49-27-38(65)17-20-46(49)64/h1,7-8,11-12,14-17,20-21,25-28,30,39-41,51,53,58,71-72,74,79H,9-10,13,18-19,22-24,29,31-34H2,2-5H3,(H,69,80)(H,73,81)/t39-,40+,41-,51+,53?,58?,64?/m0/s1. The zero-order chi connectivity index (χ0) is 57.9. The molecule has 6 N–H and O–H groups in total. The van der Waals surface area contributed by atoms with Crippen LogP contribution in [0.1, 0.15) is 92.3 Å². The number of piperazine rings is 1. The number of benzene rings is 5. The summed E-state index contributed by atoms with van der Waals surface area (Å²) in [4.78, 5) is 47.4. The van der Waals surface area contributed by atoms with Gasteiger partial charge in [-0.15, -0.1) is 6.42 Å². The highest BCUT2D eigenvalue weighted by molar-refractivity contribution is 6.31. The molecule has 4 saturated heterocycles. The molecule has 7 atom stereocenters. The maximum atomic E-state index is 17.2. The molecule has 7 aromatic rings. The molecule has 19 heteroatoms. The Bertz CT molecular complexity index is 3730. The first-order chi connectivity index (χ1) is 40.0. The number of halogens is 4. The zero-order valence-electron chi connectivity index (χ0n) is 46.7. The number of fused-ring (bicyclic) bond motifs is 6. The summed E-state index contributed by atoms with van der Waals surface area (Å²) in [5, 5.41) is 30.0. The molecule has 5 aromatic carbocycles. The molecule has 15 nitrogen and oxygen atoms in total. The first-order valence-electron chi connectivity index (χ1n) is 28.5. The van der Waals surface area contributed by atoms with Gasteiger partial charge in [0.05, 0.1) is 29.2 Å². The van der Waals surface area contributed by atoms with Gasteiger partial charge in [-0.3, -0.25) is 19.5 Å². The number of hydrogen-bond acceptors (Lipinski definition) is 13. The second-order valence-electron chi connectivity index (χ2n) is 23.9. The van der Waals surface area contributed by atoms with Crippen LogP contribution in [0.5, 0.6) is 17.5 Å². The Hall–Kier alpha value is -7.33. The van der Waals surface area contributed by atoms with Gasteiger partial charge >= 0.3 is 6.01 Å². The number of ether oxygens (including phenoxy) is 2. The normalized spacial score (nSPS) is 22.9. The van der Waals surface area contributed by atoms with Crippen LogP contribution < -0.4 is 41.0 Å². The zero-order valence-corrected chi connectivity index (χ0v) is 48.2. The Morgan fingerprint density at radius 3 is 2.55 bits per heavy atom. The summed E-state index contributed by atoms with van der Waals surface area (Å²) in [5.41, 5.74) is 2.83. The number of terminal acetylenes is 1. The van der Waals surface area contributed by atoms with Crippen LogP contribution >= 0.6 is 23.2 Å². The van der Waals surface area contributed by atoms with Crippen molar-refractivity contribution in [1.29, 1.82) is 0 Å². The molecule has 12 rings (SSSR count). The van der Waals surface area contributed by atoms with Crippen molar-refractivity contribution in [3.8, 4) is 41.1 Å². The van der Waals surface area contributed by atoms with Crippen LogP contribution in [0, 0.1) is 29.4 Å². The molecule has 0 saturated carbocycles. The summed E-state index contributed by atoms with van der Waals surface area (Å²) < 4.78 is 45.8. The molecule has 1 spiro atoms. The van der Waals surface area contributed by atoms with Gasteiger partial charge in [0.25, 0.3) is 5.91 Å². The minimum atomic E-state index is -0.912. The average Bonchev–Trinajstić information content (AvgIpc) is 1.88. The lowest BCUT2D eigenvalue weighted by Gasteiger charge is -2.39. The van der Waals surface area contributed by atoms with E-state index in [1.807, 2.05) is 24.3 Å². The topological polar surface area (TPSA) is 178 Å². The fraction of sp³-hybridized carbons (Fsp3) is 0.391. The van der Waals surface area contributed by atoms with E-state index < -0.39 is 34.9 Å². The van der Waals surface area contributed by atoms with Crippen LogP contribution in [0.25, 0.3) is 32.9 Å². The third-order valence-corrected chi connectivity index (χ3v) is 18.0. The molecule has 0 radical (unpaired) electrons. The van der Waals surface area contributed by atoms with E-state index in [0.29, 0.717) is 101 Å². The molecule has 83 heavy (non-hydrogen) atoms. The number of methoxy groups -OCH3 is 1. The molecule has 5 aliphatic heterocycles. The minimum Gasteiger partial charge on any atom is -0.508 e. The number of phenols is 1. The molecule has 430 valence electrons. The monoisotopic (exact) mass is 1160 g/mol. The van der Waals surface area contributed by atoms with E-state index in [2.05, 4.69) is 68.1 Å². The number of aromatic nitrogens is 3. The van der Waals surface area contributed by atoms with Crippen molar-refractivity contribution >= 4 is 73.9 Å². The molecule has 3 unspecified atom stereocenters. The number of nitrogens with zero attached hydrogens (tertiary/aromatic N) is 5. The van der Waals surface area contributed by atoms with Crippen molar-refractivity contribution in [2.24, 2.45) is 5.41 Å². The van der Waals surface area contributed by atoms with E-state index in [-0.39, 0.29) is 75.8 Å². The molecule has 2 bridgehead atoms. The second-order valence-corrected chi connectivity index (χ2v) is 24.8. The van der Waals surface area contributed by atoms with Gasteiger partial charge < -0.3 is 46.1 Å². The van der Waals surface area contributed by atoms with E-state index in [4.69, 9.17) is 49.1 Å². The number of pyridine rings is 1. The molecule has 2 aromatic heterocycles. The third kappa shape index (κ3) is 10.7. The highest BCUT2D eigenvalue weighted by Crippen LogP contribution is 2.57. The lowest BCUT2D eigenvalue weighted by atomic mass is 9.63. The Labute approximate surface area is 491 Å². The van der Waals surface area contributed by atoms with Crippen LogP contribution in [0.3, 0.4) is 0 Å². The van der Waals surface area contributed by atoms with Crippen LogP contribution in [0.2, 0.25) is 10.0 Å². The largest absolute Gasteiger partial charge is 0.508 e. The number of anilines is 3. The molecule has 7 heterocycles. The highest BCUT2D eigenvalue weighted by atomic mass is 35.5. The molecular formula is C64H66Cl2F2N10O5. The van der Waals surface area contributed by atoms with Crippen molar-refractivity contribution in [3.05, 3.63) is 135 Å². The smallest absolute Gasteiger partial charge is 0.319 e. The fourth-order valence-corrected chi connectivity index (χ4v) is 14.1. The van der Waals surface area contributed by atoms with Crippen molar-refractivity contribution in [3.63, 3.8) is 0 Å². The fourth-order valence-electron chi connectivity index (χ4n) is 13.8. The van der Waals surface area contributed by atoms with Crippen LogP contribution in [-0.2, 0) is 10.2 Å². The maximum absolute atomic E-state index is 17.2. The average molecular weight is 1160 g/mol. The van der Waals surface area contributed by atoms with Gasteiger partial charge in [-0.25, -0.2) is 8.78 Å². The minimum absolute atomic E-state index is 0.00560. The van der Waals surface area contributed by atoms with E-state index in [1.54, 1.807) is 54.7 Å². The quantitative estimate of drug-likeness (QED) is 0.0423. The predicted octanol–water partition coefficient (Wildman–Crippen LogP) is 10.6. The number of amides is 2. The number of hydrogen-bond donors (Lipinski definition) is 6. The van der Waals surface area contributed by atoms with Gasteiger partial charge in [-0.05, 0) is 122 Å². The van der Waals surface area contributed by atoms with Crippen molar-refractivity contribution in [2.75, 3.05) is 68.5 Å². The van der Waals surface area contributed by atoms with Gasteiger partial charge in [0.1, 0.15) is 41.0 Å². The second kappa shape index (κ2) is 22.7. The lowest BCUT2D eigenvalue weighted by Crippen LogP contribution is -2.51. The van der Waals surface area contributed by atoms with Crippen molar-refractivity contribution < 1.29 is 33.0 Å². The summed E-state index contributed by atoms with van der Waals surface area (Å²) in [5.74, 6) is 0.841. The predicted molar refractivity (Wildman–Crippen MR) is 321 cm³/mol. The van der Waals surface area contributed by atoms with Crippen LogP contribution in [0.15, 0.2) is 91.1 Å². The Morgan fingerprint density at radius 1 is 0.964 bits per heavy atom. The van der Waals surface area contributed by atoms with Crippen molar-refractivity contribution in [2.45, 2.75) is 101 Å². The Morgan fingerprint density at radius 2 is 1.77 bits per heavy atom. The number of likely N-dealkylation sites (tertiary alicyclic amines) is 1. The SMILES string of the molecule is C#Cc1cccc2cc(O)cc(-c3ncc4c(N5C[C@H]6CC[C@@H](C5)N6)nc(OC[C@@H]5CCCN5CCCNC(=O)c5ccc(NC(=O)C6N[C@H](CC(C)(C)C)C7(CNc8cc(Cl)ccc87)C6c6cccc(Cl)c6F)c(OC)c5)nc4c3F)c12. The molecule has 0 aliphatic carbocycles. The molecule has 4 fully saturated rings. The summed E-state index contributed by atoms with van der Waals surface area (Å²) in [6.07, 6.45) is 12.7. The molecular weight excluding hydrogens is 1100 g/mol. The van der Waals surface area contributed by atoms with E-state index in [1.165, 1.54) is 19.2 Å². The first-order valence-corrected chi connectivity index (χ1v) is 29.2. The Balaban J connectivity index is 0.720. The third-order valence-electron chi connectivity index (χ3n) is 17.4. The van der Waals surface area contributed by atoms with E-state index >= 15 is 8.78 Å². The van der Waals surface area contributed by atoms with Gasteiger partial charge in [-0.1, -0.05) is 80.2 Å². The summed E-state index contributed by atoms with van der Waals surface area (Å²) in [6.45, 7) is 10.4. The summed E-state index contributed by atoms with van der Waals surface area (Å²) in [6, 6.07) is 23.4. The van der Waals surface area contributed by atoms with Gasteiger partial charge in [0, 0.05) is 107 Å². The molecule has 5 aliphatic rings. The van der Waals surface area contributed by atoms with Crippen LogP contribution in [-0.4, -0.2) is 120 Å². The molecule has 2 amide bonds. The van der Waals surface area contributed by atoms with E-state index in [9.17, 15) is 14.7 Å². The summed E-state index contributed by atoms with van der Waals surface area (Å²) >= 11 is 13.0.